The molecule has 0 aliphatic heterocycles. The SMILES string of the molecule is NCc1c[nH]c2cc(=O)ccn12. The van der Waals surface area contributed by atoms with Crippen molar-refractivity contribution in [2.24, 2.45) is 5.73 Å². The smallest absolute Gasteiger partial charge is 0.183 e. The van der Waals surface area contributed by atoms with Crippen LogP contribution in [-0.2, 0) is 6.54 Å². The lowest BCUT2D eigenvalue weighted by Gasteiger charge is -1.95. The zero-order valence-electron chi connectivity index (χ0n) is 6.45. The second kappa shape index (κ2) is 2.49. The Balaban J connectivity index is 2.81. The third kappa shape index (κ3) is 0.931. The number of hydrogen-bond acceptors (Lipinski definition) is 2. The monoisotopic (exact) mass is 163 g/mol. The Morgan fingerprint density at radius 3 is 3.17 bits per heavy atom. The minimum absolute atomic E-state index is 0.000390. The van der Waals surface area contributed by atoms with E-state index in [1.165, 1.54) is 6.07 Å². The third-order valence-electron chi connectivity index (χ3n) is 1.83. The van der Waals surface area contributed by atoms with Crippen molar-refractivity contribution in [2.45, 2.75) is 6.54 Å². The fraction of sp³-hybridized carbons (Fsp3) is 0.125. The molecule has 0 aromatic carbocycles. The number of nitrogens with zero attached hydrogens (tertiary/aromatic N) is 1. The summed E-state index contributed by atoms with van der Waals surface area (Å²) in [6, 6.07) is 3.05. The molecule has 4 nitrogen and oxygen atoms in total. The summed E-state index contributed by atoms with van der Waals surface area (Å²) in [5.41, 5.74) is 7.22. The predicted molar refractivity (Wildman–Crippen MR) is 45.9 cm³/mol. The second-order valence-corrected chi connectivity index (χ2v) is 2.60. The first-order valence-electron chi connectivity index (χ1n) is 3.70. The van der Waals surface area contributed by atoms with Gasteiger partial charge in [0.1, 0.15) is 5.65 Å². The number of imidazole rings is 1. The minimum atomic E-state index is 0.000390. The van der Waals surface area contributed by atoms with E-state index in [1.807, 2.05) is 4.40 Å². The minimum Gasteiger partial charge on any atom is -0.346 e. The van der Waals surface area contributed by atoms with Crippen LogP contribution in [-0.4, -0.2) is 9.38 Å². The van der Waals surface area contributed by atoms with Gasteiger partial charge >= 0.3 is 0 Å². The van der Waals surface area contributed by atoms with Gasteiger partial charge in [-0.05, 0) is 0 Å². The molecular formula is C8H9N3O. The number of pyridine rings is 1. The van der Waals surface area contributed by atoms with Crippen molar-refractivity contribution in [3.05, 3.63) is 40.4 Å². The van der Waals surface area contributed by atoms with E-state index in [0.29, 0.717) is 6.54 Å². The first-order valence-corrected chi connectivity index (χ1v) is 3.70. The molecule has 12 heavy (non-hydrogen) atoms. The Labute approximate surface area is 68.6 Å². The zero-order valence-corrected chi connectivity index (χ0v) is 6.45. The molecule has 0 radical (unpaired) electrons. The lowest BCUT2D eigenvalue weighted by atomic mass is 10.4. The van der Waals surface area contributed by atoms with Gasteiger partial charge < -0.3 is 15.1 Å². The molecule has 2 aromatic heterocycles. The Kier molecular flexibility index (Phi) is 1.48. The van der Waals surface area contributed by atoms with E-state index in [9.17, 15) is 4.79 Å². The Morgan fingerprint density at radius 1 is 1.58 bits per heavy atom. The quantitative estimate of drug-likeness (QED) is 0.625. The van der Waals surface area contributed by atoms with Crippen LogP contribution in [0.4, 0.5) is 0 Å². The number of fused-ring (bicyclic) bond motifs is 1. The van der Waals surface area contributed by atoms with Gasteiger partial charge in [0.05, 0.1) is 5.69 Å². The van der Waals surface area contributed by atoms with Gasteiger partial charge in [0.15, 0.2) is 5.43 Å². The molecule has 0 saturated heterocycles. The predicted octanol–water partition coefficient (Wildman–Crippen LogP) is 0.0863. The van der Waals surface area contributed by atoms with Crippen molar-refractivity contribution < 1.29 is 0 Å². The van der Waals surface area contributed by atoms with Crippen LogP contribution in [0.5, 0.6) is 0 Å². The Hall–Kier alpha value is -1.55. The van der Waals surface area contributed by atoms with Crippen LogP contribution >= 0.6 is 0 Å². The number of rotatable bonds is 1. The van der Waals surface area contributed by atoms with Crippen molar-refractivity contribution in [3.63, 3.8) is 0 Å². The first-order chi connectivity index (χ1) is 5.81. The van der Waals surface area contributed by atoms with Gasteiger partial charge in [-0.2, -0.15) is 0 Å². The molecule has 0 spiro atoms. The van der Waals surface area contributed by atoms with Crippen molar-refractivity contribution in [2.75, 3.05) is 0 Å². The summed E-state index contributed by atoms with van der Waals surface area (Å²) in [6.07, 6.45) is 3.52. The van der Waals surface area contributed by atoms with Crippen molar-refractivity contribution >= 4 is 5.65 Å². The second-order valence-electron chi connectivity index (χ2n) is 2.60. The highest BCUT2D eigenvalue weighted by Crippen LogP contribution is 2.01. The molecule has 0 atom stereocenters. The van der Waals surface area contributed by atoms with Crippen LogP contribution in [0.3, 0.4) is 0 Å². The maximum atomic E-state index is 10.9. The van der Waals surface area contributed by atoms with Crippen molar-refractivity contribution in [3.8, 4) is 0 Å². The lowest BCUT2D eigenvalue weighted by molar-refractivity contribution is 0.958. The van der Waals surface area contributed by atoms with Crippen molar-refractivity contribution in [1.82, 2.24) is 9.38 Å². The molecule has 4 heteroatoms. The molecule has 0 aliphatic carbocycles. The number of nitrogens with one attached hydrogen (secondary N) is 1. The molecule has 0 bridgehead atoms. The topological polar surface area (TPSA) is 63.3 Å². The van der Waals surface area contributed by atoms with E-state index in [0.717, 1.165) is 11.3 Å². The number of hydrogen-bond donors (Lipinski definition) is 2. The van der Waals surface area contributed by atoms with Gasteiger partial charge in [0.25, 0.3) is 0 Å². The molecule has 2 heterocycles. The van der Waals surface area contributed by atoms with Gasteiger partial charge in [0.2, 0.25) is 0 Å². The fourth-order valence-electron chi connectivity index (χ4n) is 1.23. The molecular weight excluding hydrogens is 154 g/mol. The lowest BCUT2D eigenvalue weighted by Crippen LogP contribution is -2.03. The molecule has 0 fully saturated rings. The van der Waals surface area contributed by atoms with E-state index >= 15 is 0 Å². The molecule has 0 saturated carbocycles. The molecule has 0 aliphatic rings. The maximum absolute atomic E-state index is 10.9. The molecule has 2 aromatic rings. The highest BCUT2D eigenvalue weighted by Gasteiger charge is 1.98. The molecule has 0 amide bonds. The van der Waals surface area contributed by atoms with E-state index in [2.05, 4.69) is 4.98 Å². The summed E-state index contributed by atoms with van der Waals surface area (Å²) in [5, 5.41) is 0. The summed E-state index contributed by atoms with van der Waals surface area (Å²) >= 11 is 0. The summed E-state index contributed by atoms with van der Waals surface area (Å²) in [4.78, 5) is 13.9. The molecule has 62 valence electrons. The van der Waals surface area contributed by atoms with Gasteiger partial charge in [-0.3, -0.25) is 4.79 Å². The van der Waals surface area contributed by atoms with Crippen LogP contribution < -0.4 is 11.2 Å². The molecule has 2 rings (SSSR count). The summed E-state index contributed by atoms with van der Waals surface area (Å²) in [7, 11) is 0. The summed E-state index contributed by atoms with van der Waals surface area (Å²) in [5.74, 6) is 0. The van der Waals surface area contributed by atoms with Crippen LogP contribution in [0.2, 0.25) is 0 Å². The number of aromatic amines is 1. The Bertz CT molecular complexity index is 455. The number of nitrogens with two attached hydrogens (primary N) is 1. The highest BCUT2D eigenvalue weighted by molar-refractivity contribution is 5.39. The van der Waals surface area contributed by atoms with Gasteiger partial charge in [0, 0.05) is 31.1 Å². The number of H-pyrrole nitrogens is 1. The molecule has 0 unspecified atom stereocenters. The summed E-state index contributed by atoms with van der Waals surface area (Å²) in [6.45, 7) is 0.461. The molecule has 3 N–H and O–H groups in total. The average Bonchev–Trinajstić information content (AvgIpc) is 2.46. The zero-order chi connectivity index (χ0) is 8.55. The fourth-order valence-corrected chi connectivity index (χ4v) is 1.23. The highest BCUT2D eigenvalue weighted by atomic mass is 16.1. The normalized spacial score (nSPS) is 10.8. The standard InChI is InChI=1S/C8H9N3O/c9-4-6-5-10-8-3-7(12)1-2-11(6)8/h1-3,5,10H,4,9H2. The maximum Gasteiger partial charge on any atom is 0.183 e. The van der Waals surface area contributed by atoms with E-state index in [4.69, 9.17) is 5.73 Å². The van der Waals surface area contributed by atoms with E-state index < -0.39 is 0 Å². The Morgan fingerprint density at radius 2 is 2.42 bits per heavy atom. The van der Waals surface area contributed by atoms with Gasteiger partial charge in [-0.25, -0.2) is 0 Å². The van der Waals surface area contributed by atoms with Crippen LogP contribution in [0, 0.1) is 0 Å². The average molecular weight is 163 g/mol. The van der Waals surface area contributed by atoms with Crippen molar-refractivity contribution in [1.29, 1.82) is 0 Å². The largest absolute Gasteiger partial charge is 0.346 e. The van der Waals surface area contributed by atoms with Crippen LogP contribution in [0.15, 0.2) is 29.3 Å². The van der Waals surface area contributed by atoms with Crippen LogP contribution in [0.1, 0.15) is 5.69 Å². The van der Waals surface area contributed by atoms with E-state index in [-0.39, 0.29) is 5.43 Å². The van der Waals surface area contributed by atoms with Crippen LogP contribution in [0.25, 0.3) is 5.65 Å². The first kappa shape index (κ1) is 7.12. The van der Waals surface area contributed by atoms with Gasteiger partial charge in [-0.15, -0.1) is 0 Å². The number of aromatic nitrogens is 2. The van der Waals surface area contributed by atoms with E-state index in [1.54, 1.807) is 18.5 Å². The third-order valence-corrected chi connectivity index (χ3v) is 1.83. The van der Waals surface area contributed by atoms with Gasteiger partial charge in [-0.1, -0.05) is 0 Å². The summed E-state index contributed by atoms with van der Waals surface area (Å²) < 4.78 is 1.86.